The predicted octanol–water partition coefficient (Wildman–Crippen LogP) is 1.72. The summed E-state index contributed by atoms with van der Waals surface area (Å²) in [7, 11) is -1.86. The maximum atomic E-state index is 12.7. The molecule has 1 aliphatic rings. The van der Waals surface area contributed by atoms with E-state index in [9.17, 15) is 21.6 Å². The second kappa shape index (κ2) is 7.88. The van der Waals surface area contributed by atoms with Crippen LogP contribution in [-0.2, 0) is 10.0 Å². The van der Waals surface area contributed by atoms with Crippen LogP contribution in [0.25, 0.3) is 0 Å². The van der Waals surface area contributed by atoms with Crippen molar-refractivity contribution in [1.82, 2.24) is 0 Å². The minimum absolute atomic E-state index is 0.153. The number of para-hydroxylation sites is 2. The van der Waals surface area contributed by atoms with E-state index < -0.39 is 22.1 Å². The fourth-order valence-corrected chi connectivity index (χ4v) is 4.06. The van der Waals surface area contributed by atoms with E-state index in [0.717, 1.165) is 56.1 Å². The molecular weight excluding hydrogens is 395 g/mol. The topological polar surface area (TPSA) is 63.1 Å². The minimum atomic E-state index is -4.83. The van der Waals surface area contributed by atoms with Crippen LogP contribution in [-0.4, -0.2) is 48.0 Å². The summed E-state index contributed by atoms with van der Waals surface area (Å²) in [6, 6.07) is 11.2. The van der Waals surface area contributed by atoms with Crippen LogP contribution in [0.5, 0.6) is 5.75 Å². The first kappa shape index (κ1) is 20.3. The van der Waals surface area contributed by atoms with Crippen molar-refractivity contribution >= 4 is 21.4 Å². The molecule has 0 radical (unpaired) electrons. The van der Waals surface area contributed by atoms with Crippen molar-refractivity contribution in [1.29, 1.82) is 0 Å². The van der Waals surface area contributed by atoms with Crippen molar-refractivity contribution in [3.63, 3.8) is 0 Å². The molecule has 0 aliphatic carbocycles. The van der Waals surface area contributed by atoms with E-state index in [1.165, 1.54) is 4.90 Å². The smallest absolute Gasteiger partial charge is 0.406 e. The van der Waals surface area contributed by atoms with Crippen LogP contribution in [0.2, 0.25) is 0 Å². The van der Waals surface area contributed by atoms with Gasteiger partial charge in [-0.2, -0.15) is 0 Å². The summed E-state index contributed by atoms with van der Waals surface area (Å²) in [4.78, 5) is 3.38. The van der Waals surface area contributed by atoms with Gasteiger partial charge in [0.25, 0.3) is 10.0 Å². The molecule has 2 aromatic carbocycles. The third-order valence-electron chi connectivity index (χ3n) is 4.47. The Balaban J connectivity index is 1.79. The Hall–Kier alpha value is -2.46. The van der Waals surface area contributed by atoms with Crippen molar-refractivity contribution in [2.75, 3.05) is 42.8 Å². The maximum Gasteiger partial charge on any atom is 0.573 e. The number of anilines is 2. The van der Waals surface area contributed by atoms with Crippen LogP contribution in [0.1, 0.15) is 0 Å². The van der Waals surface area contributed by atoms with E-state index >= 15 is 0 Å². The highest BCUT2D eigenvalue weighted by Gasteiger charge is 2.31. The SMILES string of the molecule is C[NH+]1CCN(c2ccccc2NS(=O)(=O)c2ccc(OC(F)(F)F)cc2)CC1. The molecule has 28 heavy (non-hydrogen) atoms. The Kier molecular flexibility index (Phi) is 5.71. The van der Waals surface area contributed by atoms with Gasteiger partial charge in [0.05, 0.1) is 49.5 Å². The van der Waals surface area contributed by atoms with Gasteiger partial charge < -0.3 is 14.5 Å². The molecule has 10 heteroatoms. The Morgan fingerprint density at radius 1 is 1.04 bits per heavy atom. The lowest BCUT2D eigenvalue weighted by Gasteiger charge is -2.33. The van der Waals surface area contributed by atoms with Crippen LogP contribution in [0.3, 0.4) is 0 Å². The molecule has 0 aromatic heterocycles. The summed E-state index contributed by atoms with van der Waals surface area (Å²) >= 11 is 0. The van der Waals surface area contributed by atoms with Gasteiger partial charge in [0.1, 0.15) is 5.75 Å². The van der Waals surface area contributed by atoms with Gasteiger partial charge in [-0.3, -0.25) is 4.72 Å². The number of quaternary nitrogens is 1. The van der Waals surface area contributed by atoms with Crippen molar-refractivity contribution in [2.45, 2.75) is 11.3 Å². The van der Waals surface area contributed by atoms with Gasteiger partial charge in [0.15, 0.2) is 0 Å². The number of alkyl halides is 3. The maximum absolute atomic E-state index is 12.7. The van der Waals surface area contributed by atoms with E-state index in [2.05, 4.69) is 21.4 Å². The number of benzene rings is 2. The van der Waals surface area contributed by atoms with Crippen LogP contribution >= 0.6 is 0 Å². The van der Waals surface area contributed by atoms with E-state index in [1.54, 1.807) is 12.1 Å². The largest absolute Gasteiger partial charge is 0.573 e. The predicted molar refractivity (Wildman–Crippen MR) is 99.2 cm³/mol. The number of sulfonamides is 1. The molecule has 1 saturated heterocycles. The van der Waals surface area contributed by atoms with Gasteiger partial charge in [0, 0.05) is 0 Å². The van der Waals surface area contributed by atoms with Gasteiger partial charge in [-0.25, -0.2) is 8.42 Å². The quantitative estimate of drug-likeness (QED) is 0.779. The second-order valence-corrected chi connectivity index (χ2v) is 8.27. The number of piperazine rings is 1. The summed E-state index contributed by atoms with van der Waals surface area (Å²) in [6.45, 7) is 3.49. The number of nitrogens with zero attached hydrogens (tertiary/aromatic N) is 1. The Morgan fingerprint density at radius 2 is 1.64 bits per heavy atom. The molecule has 3 rings (SSSR count). The molecule has 152 valence electrons. The lowest BCUT2D eigenvalue weighted by molar-refractivity contribution is -0.880. The monoisotopic (exact) mass is 416 g/mol. The summed E-state index contributed by atoms with van der Waals surface area (Å²) in [5.41, 5.74) is 1.20. The van der Waals surface area contributed by atoms with E-state index in [4.69, 9.17) is 0 Å². The number of rotatable bonds is 5. The number of likely N-dealkylation sites (N-methyl/N-ethyl adjacent to an activating group) is 1. The molecule has 6 nitrogen and oxygen atoms in total. The third kappa shape index (κ3) is 5.08. The Morgan fingerprint density at radius 3 is 2.25 bits per heavy atom. The minimum Gasteiger partial charge on any atom is -0.406 e. The highest BCUT2D eigenvalue weighted by atomic mass is 32.2. The highest BCUT2D eigenvalue weighted by Crippen LogP contribution is 2.29. The molecule has 0 unspecified atom stereocenters. The molecule has 1 fully saturated rings. The molecule has 2 aromatic rings. The summed E-state index contributed by atoms with van der Waals surface area (Å²) in [5, 5.41) is 0. The number of ether oxygens (including phenoxy) is 1. The normalized spacial score (nSPS) is 16.1. The van der Waals surface area contributed by atoms with Gasteiger partial charge in [-0.1, -0.05) is 12.1 Å². The van der Waals surface area contributed by atoms with Crippen molar-refractivity contribution in [3.05, 3.63) is 48.5 Å². The van der Waals surface area contributed by atoms with Gasteiger partial charge in [-0.05, 0) is 36.4 Å². The van der Waals surface area contributed by atoms with Crippen molar-refractivity contribution in [2.24, 2.45) is 0 Å². The Labute approximate surface area is 161 Å². The summed E-state index contributed by atoms with van der Waals surface area (Å²) in [6.07, 6.45) is -4.83. The van der Waals surface area contributed by atoms with E-state index in [0.29, 0.717) is 5.69 Å². The fourth-order valence-electron chi connectivity index (χ4n) is 2.99. The average Bonchev–Trinajstić information content (AvgIpc) is 2.62. The first-order chi connectivity index (χ1) is 13.1. The molecular formula is C18H21F3N3O3S+. The molecule has 0 bridgehead atoms. The van der Waals surface area contributed by atoms with Crippen molar-refractivity contribution < 1.29 is 31.2 Å². The summed E-state index contributed by atoms with van der Waals surface area (Å²) < 4.78 is 68.4. The molecule has 0 saturated carbocycles. The average molecular weight is 416 g/mol. The van der Waals surface area contributed by atoms with E-state index in [1.807, 2.05) is 12.1 Å². The highest BCUT2D eigenvalue weighted by molar-refractivity contribution is 7.92. The number of hydrogen-bond donors (Lipinski definition) is 2. The number of nitrogens with one attached hydrogen (secondary N) is 2. The first-order valence-corrected chi connectivity index (χ1v) is 10.2. The van der Waals surface area contributed by atoms with E-state index in [-0.39, 0.29) is 4.90 Å². The van der Waals surface area contributed by atoms with Gasteiger partial charge >= 0.3 is 6.36 Å². The number of halogens is 3. The lowest BCUT2D eigenvalue weighted by atomic mass is 10.2. The standard InChI is InChI=1S/C18H20F3N3O3S/c1-23-10-12-24(13-11-23)17-5-3-2-4-16(17)22-28(25,26)15-8-6-14(7-9-15)27-18(19,20)21/h2-9,22H,10-13H2,1H3/p+1. The molecule has 1 aliphatic heterocycles. The lowest BCUT2D eigenvalue weighted by Crippen LogP contribution is -3.12. The van der Waals surface area contributed by atoms with Crippen LogP contribution < -0.4 is 19.3 Å². The van der Waals surface area contributed by atoms with Gasteiger partial charge in [-0.15, -0.1) is 13.2 Å². The second-order valence-electron chi connectivity index (χ2n) is 6.59. The van der Waals surface area contributed by atoms with Crippen LogP contribution in [0.15, 0.2) is 53.4 Å². The molecule has 0 amide bonds. The third-order valence-corrected chi connectivity index (χ3v) is 5.86. The molecule has 1 heterocycles. The Bertz CT molecular complexity index is 910. The first-order valence-electron chi connectivity index (χ1n) is 8.68. The molecule has 2 N–H and O–H groups in total. The molecule has 0 atom stereocenters. The zero-order valence-electron chi connectivity index (χ0n) is 15.2. The zero-order chi connectivity index (χ0) is 20.4. The molecule has 0 spiro atoms. The van der Waals surface area contributed by atoms with Crippen LogP contribution in [0.4, 0.5) is 24.5 Å². The zero-order valence-corrected chi connectivity index (χ0v) is 16.0. The number of hydrogen-bond acceptors (Lipinski definition) is 4. The van der Waals surface area contributed by atoms with Crippen LogP contribution in [0, 0.1) is 0 Å². The van der Waals surface area contributed by atoms with Crippen molar-refractivity contribution in [3.8, 4) is 5.75 Å². The summed E-state index contributed by atoms with van der Waals surface area (Å²) in [5.74, 6) is -0.480. The fraction of sp³-hybridized carbons (Fsp3) is 0.333. The van der Waals surface area contributed by atoms with Gasteiger partial charge in [0.2, 0.25) is 0 Å².